The highest BCUT2D eigenvalue weighted by atomic mass is 16.5. The molecule has 0 N–H and O–H groups in total. The minimum absolute atomic E-state index is 0.0408. The topological polar surface area (TPSA) is 135 Å². The Morgan fingerprint density at radius 1 is 0.767 bits per heavy atom. The van der Waals surface area contributed by atoms with E-state index in [1.165, 1.54) is 18.5 Å². The van der Waals surface area contributed by atoms with E-state index in [4.69, 9.17) is 18.9 Å². The quantitative estimate of drug-likeness (QED) is 0.156. The van der Waals surface area contributed by atoms with Crippen LogP contribution in [0.3, 0.4) is 0 Å². The molecule has 0 saturated heterocycles. The summed E-state index contributed by atoms with van der Waals surface area (Å²) in [6, 6.07) is 16.7. The number of nitrogens with zero attached hydrogens (tertiary/aromatic N) is 5. The number of carbonyl (C=O) groups excluding carboxylic acids is 3. The van der Waals surface area contributed by atoms with Crippen molar-refractivity contribution in [1.82, 2.24) is 19.7 Å². The van der Waals surface area contributed by atoms with Crippen molar-refractivity contribution in [3.8, 4) is 11.5 Å². The van der Waals surface area contributed by atoms with Crippen molar-refractivity contribution in [1.29, 1.82) is 0 Å². The molecule has 4 aromatic rings. The van der Waals surface area contributed by atoms with E-state index in [1.54, 1.807) is 28.1 Å². The fraction of sp³-hybridized carbons (Fsp3) is 0.290. The molecule has 0 radical (unpaired) electrons. The van der Waals surface area contributed by atoms with Crippen molar-refractivity contribution < 1.29 is 33.3 Å². The van der Waals surface area contributed by atoms with Crippen molar-refractivity contribution in [2.24, 2.45) is 0 Å². The molecule has 2 heterocycles. The lowest BCUT2D eigenvalue weighted by Gasteiger charge is -2.23. The predicted octanol–water partition coefficient (Wildman–Crippen LogP) is 4.13. The van der Waals surface area contributed by atoms with Crippen LogP contribution >= 0.6 is 0 Å². The van der Waals surface area contributed by atoms with Gasteiger partial charge in [0, 0.05) is 31.5 Å². The van der Waals surface area contributed by atoms with E-state index in [9.17, 15) is 14.4 Å². The third-order valence-corrected chi connectivity index (χ3v) is 6.35. The Hall–Kier alpha value is -5.26. The monoisotopic (exact) mass is 587 g/mol. The molecule has 0 spiro atoms. The van der Waals surface area contributed by atoms with Gasteiger partial charge in [-0.1, -0.05) is 24.3 Å². The second-order valence-electron chi connectivity index (χ2n) is 9.26. The van der Waals surface area contributed by atoms with E-state index in [-0.39, 0.29) is 36.7 Å². The van der Waals surface area contributed by atoms with Crippen LogP contribution in [0, 0.1) is 0 Å². The average molecular weight is 588 g/mol. The Bertz CT molecular complexity index is 1490. The van der Waals surface area contributed by atoms with Gasteiger partial charge in [0.25, 0.3) is 0 Å². The molecule has 0 aliphatic carbocycles. The predicted molar refractivity (Wildman–Crippen MR) is 156 cm³/mol. The number of Topliss-reactive ketones (excluding diaryl/α,β-unsaturated/α-hetero) is 1. The van der Waals surface area contributed by atoms with Gasteiger partial charge >= 0.3 is 11.9 Å². The van der Waals surface area contributed by atoms with Crippen molar-refractivity contribution in [2.45, 2.75) is 33.5 Å². The first-order chi connectivity index (χ1) is 20.8. The Balaban J connectivity index is 1.56. The summed E-state index contributed by atoms with van der Waals surface area (Å²) in [6.45, 7) is 4.22. The molecule has 0 unspecified atom stereocenters. The molecule has 12 nitrogen and oxygen atoms in total. The number of ketones is 1. The van der Waals surface area contributed by atoms with Crippen molar-refractivity contribution in [3.63, 3.8) is 0 Å². The molecule has 0 atom stereocenters. The summed E-state index contributed by atoms with van der Waals surface area (Å²) in [6.07, 6.45) is 2.86. The summed E-state index contributed by atoms with van der Waals surface area (Å²) in [5, 5.41) is 4.12. The van der Waals surface area contributed by atoms with Gasteiger partial charge in [0.1, 0.15) is 23.7 Å². The molecule has 0 amide bonds. The van der Waals surface area contributed by atoms with Gasteiger partial charge in [0.15, 0.2) is 11.5 Å². The van der Waals surface area contributed by atoms with Crippen LogP contribution in [0.25, 0.3) is 0 Å². The van der Waals surface area contributed by atoms with Crippen LogP contribution in [0.15, 0.2) is 67.0 Å². The molecule has 0 aliphatic heterocycles. The summed E-state index contributed by atoms with van der Waals surface area (Å²) in [4.78, 5) is 48.8. The highest BCUT2D eigenvalue weighted by molar-refractivity contribution is 5.97. The molecule has 0 aliphatic rings. The minimum atomic E-state index is -0.711. The minimum Gasteiger partial charge on any atom is -0.497 e. The van der Waals surface area contributed by atoms with Crippen LogP contribution in [-0.2, 0) is 29.1 Å². The third-order valence-electron chi connectivity index (χ3n) is 6.35. The maximum absolute atomic E-state index is 13.2. The highest BCUT2D eigenvalue weighted by Gasteiger charge is 2.23. The number of esters is 2. The van der Waals surface area contributed by atoms with Crippen molar-refractivity contribution >= 4 is 23.7 Å². The number of carbonyl (C=O) groups is 3. The zero-order valence-corrected chi connectivity index (χ0v) is 24.5. The van der Waals surface area contributed by atoms with E-state index < -0.39 is 17.7 Å². The Kier molecular flexibility index (Phi) is 10.4. The molecule has 224 valence electrons. The molecule has 43 heavy (non-hydrogen) atoms. The van der Waals surface area contributed by atoms with Gasteiger partial charge in [0.2, 0.25) is 5.95 Å². The Morgan fingerprint density at radius 3 is 1.77 bits per heavy atom. The zero-order valence-electron chi connectivity index (χ0n) is 24.5. The first-order valence-electron chi connectivity index (χ1n) is 13.6. The van der Waals surface area contributed by atoms with Crippen LogP contribution in [0.2, 0.25) is 0 Å². The zero-order chi connectivity index (χ0) is 30.8. The largest absolute Gasteiger partial charge is 0.497 e. The lowest BCUT2D eigenvalue weighted by Crippen LogP contribution is -2.25. The number of hydrogen-bond donors (Lipinski definition) is 0. The van der Waals surface area contributed by atoms with Gasteiger partial charge < -0.3 is 23.8 Å². The maximum atomic E-state index is 13.2. The Morgan fingerprint density at radius 2 is 1.28 bits per heavy atom. The summed E-state index contributed by atoms with van der Waals surface area (Å²) < 4.78 is 21.7. The fourth-order valence-electron chi connectivity index (χ4n) is 4.17. The number of hydrogen-bond acceptors (Lipinski definition) is 11. The number of methoxy groups -OCH3 is 2. The third kappa shape index (κ3) is 7.94. The first kappa shape index (κ1) is 30.7. The van der Waals surface area contributed by atoms with Gasteiger partial charge in [-0.05, 0) is 49.2 Å². The second kappa shape index (κ2) is 14.6. The van der Waals surface area contributed by atoms with Gasteiger partial charge in [0.05, 0.1) is 33.0 Å². The van der Waals surface area contributed by atoms with Crippen LogP contribution in [0.5, 0.6) is 11.5 Å². The first-order valence-corrected chi connectivity index (χ1v) is 13.6. The van der Waals surface area contributed by atoms with Crippen LogP contribution < -0.4 is 14.4 Å². The van der Waals surface area contributed by atoms with Crippen LogP contribution in [0.4, 0.5) is 5.95 Å². The molecule has 0 bridgehead atoms. The van der Waals surface area contributed by atoms with Gasteiger partial charge in [-0.2, -0.15) is 5.10 Å². The number of anilines is 1. The summed E-state index contributed by atoms with van der Waals surface area (Å²) >= 11 is 0. The lowest BCUT2D eigenvalue weighted by atomic mass is 10.1. The van der Waals surface area contributed by atoms with E-state index >= 15 is 0 Å². The summed E-state index contributed by atoms with van der Waals surface area (Å²) in [7, 11) is 3.23. The normalized spacial score (nSPS) is 10.6. The molecular formula is C31H33N5O7. The lowest BCUT2D eigenvalue weighted by molar-refractivity contribution is 0.0505. The maximum Gasteiger partial charge on any atom is 0.358 e. The molecule has 2 aromatic heterocycles. The molecule has 0 fully saturated rings. The van der Waals surface area contributed by atoms with Gasteiger partial charge in [-0.15, -0.1) is 0 Å². The van der Waals surface area contributed by atoms with Crippen LogP contribution in [0.1, 0.15) is 56.3 Å². The number of ether oxygens (including phenoxy) is 4. The standard InChI is InChI=1S/C31H33N5O7/c1-5-42-29(38)26-15-27(30(39)43-6-2)36(34-26)20-28(37)23-16-32-31(33-17-23)35(18-21-7-11-24(40-3)12-8-21)19-22-9-13-25(41-4)14-10-22/h7-17H,5-6,18-20H2,1-4H3. The number of aromatic nitrogens is 4. The van der Waals surface area contributed by atoms with Crippen molar-refractivity contribution in [3.05, 3.63) is 95.1 Å². The Labute approximate surface area is 249 Å². The smallest absolute Gasteiger partial charge is 0.358 e. The van der Waals surface area contributed by atoms with Crippen LogP contribution in [-0.4, -0.2) is 64.9 Å². The van der Waals surface area contributed by atoms with Crippen molar-refractivity contribution in [2.75, 3.05) is 32.3 Å². The van der Waals surface area contributed by atoms with E-state index in [0.29, 0.717) is 19.0 Å². The second-order valence-corrected chi connectivity index (χ2v) is 9.26. The molecule has 4 rings (SSSR count). The number of benzene rings is 2. The van der Waals surface area contributed by atoms with Gasteiger partial charge in [-0.3, -0.25) is 4.79 Å². The molecule has 0 saturated carbocycles. The summed E-state index contributed by atoms with van der Waals surface area (Å²) in [5.74, 6) is 0.0921. The summed E-state index contributed by atoms with van der Waals surface area (Å²) in [5.41, 5.74) is 2.10. The van der Waals surface area contributed by atoms with E-state index in [2.05, 4.69) is 15.1 Å². The number of rotatable bonds is 14. The SMILES string of the molecule is CCOC(=O)c1cc(C(=O)OCC)n(CC(=O)c2cnc(N(Cc3ccc(OC)cc3)Cc3ccc(OC)cc3)nc2)n1. The van der Waals surface area contributed by atoms with Gasteiger partial charge in [-0.25, -0.2) is 24.2 Å². The van der Waals surface area contributed by atoms with E-state index in [0.717, 1.165) is 27.3 Å². The molecule has 2 aromatic carbocycles. The average Bonchev–Trinajstić information content (AvgIpc) is 3.46. The molecule has 12 heteroatoms. The fourth-order valence-corrected chi connectivity index (χ4v) is 4.17. The molecular weight excluding hydrogens is 554 g/mol. The van der Waals surface area contributed by atoms with E-state index in [1.807, 2.05) is 53.4 Å². The highest BCUT2D eigenvalue weighted by Crippen LogP contribution is 2.20.